The van der Waals surface area contributed by atoms with Crippen LogP contribution in [0, 0.1) is 5.92 Å². The van der Waals surface area contributed by atoms with Gasteiger partial charge in [0, 0.05) is 12.3 Å². The highest BCUT2D eigenvalue weighted by molar-refractivity contribution is 5.90. The highest BCUT2D eigenvalue weighted by Gasteiger charge is 2.29. The Morgan fingerprint density at radius 3 is 2.50 bits per heavy atom. The molecule has 16 heavy (non-hydrogen) atoms. The van der Waals surface area contributed by atoms with Gasteiger partial charge in [0.05, 0.1) is 12.2 Å². The molecule has 0 amide bonds. The van der Waals surface area contributed by atoms with Crippen molar-refractivity contribution in [3.8, 4) is 0 Å². The first-order valence-electron chi connectivity index (χ1n) is 5.71. The molecule has 0 radical (unpaired) electrons. The van der Waals surface area contributed by atoms with Crippen LogP contribution in [0.25, 0.3) is 0 Å². The third kappa shape index (κ3) is 2.65. The molecule has 1 heterocycles. The Kier molecular flexibility index (Phi) is 4.16. The average Bonchev–Trinajstić information content (AvgIpc) is 2.62. The Bertz CT molecular complexity index is 344. The summed E-state index contributed by atoms with van der Waals surface area (Å²) in [5.41, 5.74) is 1.78. The monoisotopic (exact) mass is 224 g/mol. The SMILES string of the molecule is CCOC(=O)C1=C(C(C)C)OC(=C(C)C)C1. The molecular weight excluding hydrogens is 204 g/mol. The van der Waals surface area contributed by atoms with E-state index in [1.54, 1.807) is 0 Å². The standard InChI is InChI=1S/C13H20O3/c1-6-15-13(14)10-7-11(8(2)3)16-12(10)9(4)5/h9H,6-7H2,1-5H3. The quantitative estimate of drug-likeness (QED) is 0.691. The van der Waals surface area contributed by atoms with E-state index in [0.717, 1.165) is 17.1 Å². The number of esters is 1. The van der Waals surface area contributed by atoms with Gasteiger partial charge in [0.2, 0.25) is 0 Å². The van der Waals surface area contributed by atoms with Gasteiger partial charge in [-0.15, -0.1) is 0 Å². The summed E-state index contributed by atoms with van der Waals surface area (Å²) in [6, 6.07) is 0. The van der Waals surface area contributed by atoms with Crippen LogP contribution in [-0.2, 0) is 14.3 Å². The molecular formula is C13H20O3. The molecule has 0 aromatic carbocycles. The van der Waals surface area contributed by atoms with Crippen molar-refractivity contribution >= 4 is 5.97 Å². The van der Waals surface area contributed by atoms with Gasteiger partial charge in [-0.3, -0.25) is 0 Å². The number of carbonyl (C=O) groups excluding carboxylic acids is 1. The van der Waals surface area contributed by atoms with Gasteiger partial charge in [-0.05, 0) is 26.3 Å². The van der Waals surface area contributed by atoms with E-state index in [1.165, 1.54) is 0 Å². The maximum absolute atomic E-state index is 11.7. The molecule has 3 nitrogen and oxygen atoms in total. The van der Waals surface area contributed by atoms with Crippen LogP contribution in [-0.4, -0.2) is 12.6 Å². The summed E-state index contributed by atoms with van der Waals surface area (Å²) in [5, 5.41) is 0. The van der Waals surface area contributed by atoms with Crippen LogP contribution in [0.5, 0.6) is 0 Å². The lowest BCUT2D eigenvalue weighted by Gasteiger charge is -2.09. The maximum Gasteiger partial charge on any atom is 0.337 e. The van der Waals surface area contributed by atoms with Crippen LogP contribution < -0.4 is 0 Å². The van der Waals surface area contributed by atoms with Gasteiger partial charge in [-0.1, -0.05) is 13.8 Å². The summed E-state index contributed by atoms with van der Waals surface area (Å²) in [5.74, 6) is 1.60. The fraction of sp³-hybridized carbons (Fsp3) is 0.615. The summed E-state index contributed by atoms with van der Waals surface area (Å²) in [6.07, 6.45) is 0.564. The Labute approximate surface area is 97.1 Å². The zero-order valence-corrected chi connectivity index (χ0v) is 10.7. The minimum Gasteiger partial charge on any atom is -0.465 e. The van der Waals surface area contributed by atoms with Gasteiger partial charge >= 0.3 is 5.97 Å². The van der Waals surface area contributed by atoms with Crippen molar-refractivity contribution in [3.63, 3.8) is 0 Å². The van der Waals surface area contributed by atoms with Crippen LogP contribution >= 0.6 is 0 Å². The van der Waals surface area contributed by atoms with Gasteiger partial charge < -0.3 is 9.47 Å². The van der Waals surface area contributed by atoms with Gasteiger partial charge in [0.1, 0.15) is 11.5 Å². The zero-order valence-electron chi connectivity index (χ0n) is 10.7. The zero-order chi connectivity index (χ0) is 12.3. The molecule has 0 aromatic rings. The van der Waals surface area contributed by atoms with Crippen molar-refractivity contribution in [2.45, 2.75) is 41.0 Å². The average molecular weight is 224 g/mol. The Morgan fingerprint density at radius 2 is 2.06 bits per heavy atom. The number of carbonyl (C=O) groups is 1. The first kappa shape index (κ1) is 12.8. The highest BCUT2D eigenvalue weighted by atomic mass is 16.5. The van der Waals surface area contributed by atoms with Crippen molar-refractivity contribution in [2.75, 3.05) is 6.61 Å². The molecule has 0 unspecified atom stereocenters. The molecule has 1 aliphatic rings. The number of ether oxygens (including phenoxy) is 2. The Morgan fingerprint density at radius 1 is 1.44 bits per heavy atom. The molecule has 1 aliphatic heterocycles. The first-order valence-corrected chi connectivity index (χ1v) is 5.71. The van der Waals surface area contributed by atoms with Crippen LogP contribution in [0.15, 0.2) is 22.7 Å². The van der Waals surface area contributed by atoms with E-state index < -0.39 is 0 Å². The molecule has 0 saturated heterocycles. The lowest BCUT2D eigenvalue weighted by Crippen LogP contribution is -2.09. The number of hydrogen-bond acceptors (Lipinski definition) is 3. The lowest BCUT2D eigenvalue weighted by atomic mass is 10.1. The van der Waals surface area contributed by atoms with E-state index in [1.807, 2.05) is 34.6 Å². The minimum absolute atomic E-state index is 0.205. The van der Waals surface area contributed by atoms with Gasteiger partial charge in [-0.2, -0.15) is 0 Å². The molecule has 0 N–H and O–H groups in total. The third-order valence-corrected chi connectivity index (χ3v) is 2.47. The fourth-order valence-corrected chi connectivity index (χ4v) is 1.61. The van der Waals surface area contributed by atoms with Crippen molar-refractivity contribution in [1.82, 2.24) is 0 Å². The molecule has 1 rings (SSSR count). The third-order valence-electron chi connectivity index (χ3n) is 2.47. The second-order valence-corrected chi connectivity index (χ2v) is 4.42. The van der Waals surface area contributed by atoms with Gasteiger partial charge in [-0.25, -0.2) is 4.79 Å². The van der Waals surface area contributed by atoms with Crippen molar-refractivity contribution < 1.29 is 14.3 Å². The largest absolute Gasteiger partial charge is 0.465 e. The van der Waals surface area contributed by atoms with Crippen LogP contribution in [0.1, 0.15) is 41.0 Å². The smallest absolute Gasteiger partial charge is 0.337 e. The summed E-state index contributed by atoms with van der Waals surface area (Å²) in [4.78, 5) is 11.7. The Hall–Kier alpha value is -1.25. The molecule has 0 saturated carbocycles. The van der Waals surface area contributed by atoms with E-state index >= 15 is 0 Å². The van der Waals surface area contributed by atoms with E-state index in [0.29, 0.717) is 18.6 Å². The fourth-order valence-electron chi connectivity index (χ4n) is 1.61. The summed E-state index contributed by atoms with van der Waals surface area (Å²) < 4.78 is 10.8. The predicted octanol–water partition coefficient (Wildman–Crippen LogP) is 3.17. The molecule has 0 aromatic heterocycles. The van der Waals surface area contributed by atoms with Gasteiger partial charge in [0.25, 0.3) is 0 Å². The van der Waals surface area contributed by atoms with Crippen molar-refractivity contribution in [1.29, 1.82) is 0 Å². The van der Waals surface area contributed by atoms with Crippen LogP contribution in [0.2, 0.25) is 0 Å². The maximum atomic E-state index is 11.7. The first-order chi connectivity index (χ1) is 7.47. The lowest BCUT2D eigenvalue weighted by molar-refractivity contribution is -0.138. The van der Waals surface area contributed by atoms with Crippen LogP contribution in [0.4, 0.5) is 0 Å². The predicted molar refractivity (Wildman–Crippen MR) is 62.6 cm³/mol. The molecule has 3 heteroatoms. The number of allylic oxidation sites excluding steroid dienone is 3. The molecule has 0 atom stereocenters. The summed E-state index contributed by atoms with van der Waals surface area (Å²) in [6.45, 7) is 10.2. The molecule has 0 bridgehead atoms. The molecule has 0 spiro atoms. The minimum atomic E-state index is -0.248. The van der Waals surface area contributed by atoms with Crippen molar-refractivity contribution in [3.05, 3.63) is 22.7 Å². The number of rotatable bonds is 3. The molecule has 90 valence electrons. The van der Waals surface area contributed by atoms with E-state index in [2.05, 4.69) is 0 Å². The highest BCUT2D eigenvalue weighted by Crippen LogP contribution is 2.34. The van der Waals surface area contributed by atoms with E-state index in [4.69, 9.17) is 9.47 Å². The van der Waals surface area contributed by atoms with Crippen LogP contribution in [0.3, 0.4) is 0 Å². The van der Waals surface area contributed by atoms with Crippen molar-refractivity contribution in [2.24, 2.45) is 5.92 Å². The van der Waals surface area contributed by atoms with E-state index in [9.17, 15) is 4.79 Å². The normalized spacial score (nSPS) is 15.5. The Balaban J connectivity index is 2.97. The summed E-state index contributed by atoms with van der Waals surface area (Å²) >= 11 is 0. The second-order valence-electron chi connectivity index (χ2n) is 4.42. The van der Waals surface area contributed by atoms with E-state index in [-0.39, 0.29) is 11.9 Å². The summed E-state index contributed by atoms with van der Waals surface area (Å²) in [7, 11) is 0. The topological polar surface area (TPSA) is 35.5 Å². The second kappa shape index (κ2) is 5.19. The number of hydrogen-bond donors (Lipinski definition) is 0. The molecule has 0 aliphatic carbocycles. The molecule has 0 fully saturated rings. The van der Waals surface area contributed by atoms with Gasteiger partial charge in [0.15, 0.2) is 0 Å².